The van der Waals surface area contributed by atoms with Gasteiger partial charge in [-0.05, 0) is 30.5 Å². The summed E-state index contributed by atoms with van der Waals surface area (Å²) in [5, 5.41) is 3.99. The Morgan fingerprint density at radius 1 is 1.32 bits per heavy atom. The highest BCUT2D eigenvalue weighted by atomic mass is 35.5. The van der Waals surface area contributed by atoms with Gasteiger partial charge in [0.2, 0.25) is 5.91 Å². The SMILES string of the molecule is Cl.NC1(C(=O)NCc2ccc(Cl)cc2Cl)CCCC1. The zero-order valence-corrected chi connectivity index (χ0v) is 12.7. The lowest BCUT2D eigenvalue weighted by Crippen LogP contribution is -2.51. The van der Waals surface area contributed by atoms with Gasteiger partial charge in [0.1, 0.15) is 0 Å². The molecule has 1 saturated carbocycles. The number of benzene rings is 1. The van der Waals surface area contributed by atoms with Crippen LogP contribution in [0.2, 0.25) is 10.0 Å². The molecule has 106 valence electrons. The lowest BCUT2D eigenvalue weighted by Gasteiger charge is -2.22. The van der Waals surface area contributed by atoms with E-state index >= 15 is 0 Å². The summed E-state index contributed by atoms with van der Waals surface area (Å²) in [5.41, 5.74) is 6.21. The van der Waals surface area contributed by atoms with Gasteiger partial charge in [-0.15, -0.1) is 12.4 Å². The van der Waals surface area contributed by atoms with Crippen molar-refractivity contribution >= 4 is 41.5 Å². The van der Waals surface area contributed by atoms with Gasteiger partial charge < -0.3 is 11.1 Å². The third-order valence-corrected chi connectivity index (χ3v) is 3.99. The van der Waals surface area contributed by atoms with Gasteiger partial charge in [0.05, 0.1) is 5.54 Å². The van der Waals surface area contributed by atoms with Crippen LogP contribution in [0, 0.1) is 0 Å². The molecule has 3 N–H and O–H groups in total. The maximum atomic E-state index is 12.0. The minimum atomic E-state index is -0.696. The monoisotopic (exact) mass is 322 g/mol. The maximum absolute atomic E-state index is 12.0. The Morgan fingerprint density at radius 3 is 2.53 bits per heavy atom. The summed E-state index contributed by atoms with van der Waals surface area (Å²) >= 11 is 11.9. The van der Waals surface area contributed by atoms with Crippen molar-refractivity contribution in [3.8, 4) is 0 Å². The number of hydrogen-bond donors (Lipinski definition) is 2. The molecule has 0 radical (unpaired) electrons. The molecule has 6 heteroatoms. The van der Waals surface area contributed by atoms with E-state index in [1.165, 1.54) is 0 Å². The summed E-state index contributed by atoms with van der Waals surface area (Å²) in [5.74, 6) is -0.0917. The van der Waals surface area contributed by atoms with Crippen LogP contribution in [0.1, 0.15) is 31.2 Å². The molecular weight excluding hydrogens is 307 g/mol. The van der Waals surface area contributed by atoms with Gasteiger partial charge in [-0.1, -0.05) is 42.1 Å². The van der Waals surface area contributed by atoms with E-state index in [1.807, 2.05) is 6.07 Å². The van der Waals surface area contributed by atoms with Gasteiger partial charge in [0.15, 0.2) is 0 Å². The molecule has 1 aromatic rings. The summed E-state index contributed by atoms with van der Waals surface area (Å²) in [7, 11) is 0. The maximum Gasteiger partial charge on any atom is 0.240 e. The Kier molecular flexibility index (Phi) is 5.93. The van der Waals surface area contributed by atoms with Crippen LogP contribution in [0.25, 0.3) is 0 Å². The van der Waals surface area contributed by atoms with Crippen molar-refractivity contribution < 1.29 is 4.79 Å². The summed E-state index contributed by atoms with van der Waals surface area (Å²) in [6.45, 7) is 0.383. The predicted octanol–water partition coefficient (Wildman–Crippen LogP) is 3.30. The highest BCUT2D eigenvalue weighted by molar-refractivity contribution is 6.35. The number of halogens is 3. The summed E-state index contributed by atoms with van der Waals surface area (Å²) in [4.78, 5) is 12.0. The molecule has 0 bridgehead atoms. The molecular formula is C13H17Cl3N2O. The Hall–Kier alpha value is -0.480. The smallest absolute Gasteiger partial charge is 0.240 e. The molecule has 0 atom stereocenters. The third-order valence-electron chi connectivity index (χ3n) is 3.40. The fourth-order valence-electron chi connectivity index (χ4n) is 2.25. The van der Waals surface area contributed by atoms with Crippen LogP contribution in [-0.4, -0.2) is 11.4 Å². The standard InChI is InChI=1S/C13H16Cl2N2O.ClH/c14-10-4-3-9(11(15)7-10)8-17-12(18)13(16)5-1-2-6-13;/h3-4,7H,1-2,5-6,8,16H2,(H,17,18);1H. The van der Waals surface area contributed by atoms with Crippen LogP contribution in [0.4, 0.5) is 0 Å². The Bertz CT molecular complexity index is 459. The van der Waals surface area contributed by atoms with Crippen molar-refractivity contribution in [1.29, 1.82) is 0 Å². The molecule has 0 unspecified atom stereocenters. The number of nitrogens with two attached hydrogens (primary N) is 1. The zero-order valence-electron chi connectivity index (χ0n) is 10.4. The predicted molar refractivity (Wildman–Crippen MR) is 80.9 cm³/mol. The molecule has 1 aliphatic carbocycles. The summed E-state index contributed by atoms with van der Waals surface area (Å²) in [6, 6.07) is 5.23. The van der Waals surface area contributed by atoms with Gasteiger partial charge in [0, 0.05) is 16.6 Å². The molecule has 1 aromatic carbocycles. The van der Waals surface area contributed by atoms with Crippen LogP contribution < -0.4 is 11.1 Å². The molecule has 1 fully saturated rings. The number of hydrogen-bond acceptors (Lipinski definition) is 2. The van der Waals surface area contributed by atoms with Crippen molar-refractivity contribution in [3.63, 3.8) is 0 Å². The van der Waals surface area contributed by atoms with E-state index < -0.39 is 5.54 Å². The van der Waals surface area contributed by atoms with Crippen molar-refractivity contribution in [3.05, 3.63) is 33.8 Å². The average Bonchev–Trinajstić information content (AvgIpc) is 2.76. The van der Waals surface area contributed by atoms with Crippen LogP contribution in [0.3, 0.4) is 0 Å². The molecule has 2 rings (SSSR count). The Balaban J connectivity index is 0.00000180. The van der Waals surface area contributed by atoms with Crippen molar-refractivity contribution in [1.82, 2.24) is 5.32 Å². The number of amides is 1. The Morgan fingerprint density at radius 2 is 1.95 bits per heavy atom. The van der Waals surface area contributed by atoms with E-state index in [4.69, 9.17) is 28.9 Å². The first-order chi connectivity index (χ1) is 8.51. The van der Waals surface area contributed by atoms with E-state index in [9.17, 15) is 4.79 Å². The molecule has 19 heavy (non-hydrogen) atoms. The number of nitrogens with one attached hydrogen (secondary N) is 1. The topological polar surface area (TPSA) is 55.1 Å². The molecule has 1 aliphatic rings. The van der Waals surface area contributed by atoms with Crippen LogP contribution in [0.5, 0.6) is 0 Å². The first kappa shape index (κ1) is 16.6. The molecule has 0 spiro atoms. The fourth-order valence-corrected chi connectivity index (χ4v) is 2.72. The van der Waals surface area contributed by atoms with Crippen LogP contribution in [0.15, 0.2) is 18.2 Å². The van der Waals surface area contributed by atoms with Crippen molar-refractivity contribution in [2.75, 3.05) is 0 Å². The first-order valence-electron chi connectivity index (χ1n) is 6.02. The number of carbonyl (C=O) groups excluding carboxylic acids is 1. The molecule has 0 aromatic heterocycles. The molecule has 0 heterocycles. The second-order valence-corrected chi connectivity index (χ2v) is 5.63. The van der Waals surface area contributed by atoms with Gasteiger partial charge in [-0.25, -0.2) is 0 Å². The van der Waals surface area contributed by atoms with Gasteiger partial charge in [0.25, 0.3) is 0 Å². The highest BCUT2D eigenvalue weighted by Gasteiger charge is 2.36. The normalized spacial score (nSPS) is 16.8. The molecule has 0 saturated heterocycles. The summed E-state index contributed by atoms with van der Waals surface area (Å²) < 4.78 is 0. The van der Waals surface area contributed by atoms with Crippen molar-refractivity contribution in [2.45, 2.75) is 37.8 Å². The van der Waals surface area contributed by atoms with Crippen LogP contribution in [-0.2, 0) is 11.3 Å². The van der Waals surface area contributed by atoms with Crippen LogP contribution >= 0.6 is 35.6 Å². The van der Waals surface area contributed by atoms with Gasteiger partial charge >= 0.3 is 0 Å². The number of rotatable bonds is 3. The minimum absolute atomic E-state index is 0. The number of carbonyl (C=O) groups is 1. The van der Waals surface area contributed by atoms with E-state index in [0.717, 1.165) is 31.2 Å². The van der Waals surface area contributed by atoms with Gasteiger partial charge in [-0.2, -0.15) is 0 Å². The zero-order chi connectivity index (χ0) is 13.2. The second kappa shape index (κ2) is 6.80. The van der Waals surface area contributed by atoms with Gasteiger partial charge in [-0.3, -0.25) is 4.79 Å². The van der Waals surface area contributed by atoms with E-state index in [0.29, 0.717) is 16.6 Å². The van der Waals surface area contributed by atoms with E-state index in [-0.39, 0.29) is 18.3 Å². The first-order valence-corrected chi connectivity index (χ1v) is 6.78. The third kappa shape index (κ3) is 3.99. The average molecular weight is 324 g/mol. The largest absolute Gasteiger partial charge is 0.350 e. The molecule has 0 aliphatic heterocycles. The minimum Gasteiger partial charge on any atom is -0.350 e. The fraction of sp³-hybridized carbons (Fsp3) is 0.462. The molecule has 1 amide bonds. The van der Waals surface area contributed by atoms with E-state index in [1.54, 1.807) is 12.1 Å². The quantitative estimate of drug-likeness (QED) is 0.896. The van der Waals surface area contributed by atoms with E-state index in [2.05, 4.69) is 5.32 Å². The lowest BCUT2D eigenvalue weighted by molar-refractivity contribution is -0.126. The Labute approximate surface area is 129 Å². The molecule has 3 nitrogen and oxygen atoms in total. The summed E-state index contributed by atoms with van der Waals surface area (Å²) in [6.07, 6.45) is 3.55. The highest BCUT2D eigenvalue weighted by Crippen LogP contribution is 2.27. The van der Waals surface area contributed by atoms with Crippen molar-refractivity contribution in [2.24, 2.45) is 5.73 Å². The second-order valence-electron chi connectivity index (χ2n) is 4.78. The lowest BCUT2D eigenvalue weighted by atomic mass is 9.98.